The molecule has 6 heteroatoms. The van der Waals surface area contributed by atoms with Gasteiger partial charge in [-0.15, -0.1) is 0 Å². The second-order valence-corrected chi connectivity index (χ2v) is 5.11. The smallest absolute Gasteiger partial charge is 0.223 e. The van der Waals surface area contributed by atoms with Crippen LogP contribution in [-0.2, 0) is 6.54 Å². The molecule has 1 atom stereocenters. The highest BCUT2D eigenvalue weighted by Gasteiger charge is 2.19. The Morgan fingerprint density at radius 2 is 2.21 bits per heavy atom. The molecule has 2 heterocycles. The maximum Gasteiger partial charge on any atom is 0.223 e. The summed E-state index contributed by atoms with van der Waals surface area (Å²) in [6.45, 7) is 8.78. The van der Waals surface area contributed by atoms with Crippen molar-refractivity contribution < 1.29 is 4.52 Å². The van der Waals surface area contributed by atoms with Crippen LogP contribution in [0.2, 0.25) is 0 Å². The first-order valence-corrected chi connectivity index (χ1v) is 6.81. The van der Waals surface area contributed by atoms with Gasteiger partial charge in [0.25, 0.3) is 0 Å². The minimum absolute atomic E-state index is 0.345. The summed E-state index contributed by atoms with van der Waals surface area (Å²) < 4.78 is 4.99. The fourth-order valence-corrected chi connectivity index (χ4v) is 2.46. The van der Waals surface area contributed by atoms with Crippen LogP contribution in [0.3, 0.4) is 0 Å². The van der Waals surface area contributed by atoms with Gasteiger partial charge in [-0.25, -0.2) is 0 Å². The van der Waals surface area contributed by atoms with Gasteiger partial charge in [-0.2, -0.15) is 10.2 Å². The van der Waals surface area contributed by atoms with E-state index in [0.29, 0.717) is 18.4 Å². The first-order chi connectivity index (χ1) is 9.19. The number of nitrogens with zero attached hydrogens (tertiary/aromatic N) is 5. The molecule has 0 saturated carbocycles. The molecule has 0 aliphatic carbocycles. The van der Waals surface area contributed by atoms with Crippen molar-refractivity contribution >= 4 is 0 Å². The quantitative estimate of drug-likeness (QED) is 0.812. The van der Waals surface area contributed by atoms with Crippen molar-refractivity contribution in [3.05, 3.63) is 11.7 Å². The summed E-state index contributed by atoms with van der Waals surface area (Å²) in [7, 11) is 0. The van der Waals surface area contributed by atoms with Crippen molar-refractivity contribution in [2.75, 3.05) is 26.2 Å². The Labute approximate surface area is 114 Å². The summed E-state index contributed by atoms with van der Waals surface area (Å²) in [5.41, 5.74) is 0. The predicted molar refractivity (Wildman–Crippen MR) is 70.2 cm³/mol. The maximum absolute atomic E-state index is 8.77. The van der Waals surface area contributed by atoms with Gasteiger partial charge in [-0.05, 0) is 26.4 Å². The molecule has 0 unspecified atom stereocenters. The van der Waals surface area contributed by atoms with Crippen LogP contribution in [-0.4, -0.2) is 52.2 Å². The van der Waals surface area contributed by atoms with Crippen molar-refractivity contribution in [2.45, 2.75) is 39.3 Å². The molecule has 1 aromatic heterocycles. The number of hydrogen-bond donors (Lipinski definition) is 0. The van der Waals surface area contributed by atoms with Gasteiger partial charge in [-0.3, -0.25) is 9.80 Å². The first kappa shape index (κ1) is 14.0. The standard InChI is InChI=1S/C13H21N5O/c1-11(4-5-14)18-7-3-6-17(8-9-18)10-13-15-12(2)19-16-13/h11H,3-4,6-10H2,1-2H3/t11-/m1/s1. The van der Waals surface area contributed by atoms with E-state index in [2.05, 4.69) is 32.9 Å². The lowest BCUT2D eigenvalue weighted by molar-refractivity contribution is 0.207. The van der Waals surface area contributed by atoms with Gasteiger partial charge in [-0.1, -0.05) is 5.16 Å². The molecule has 1 saturated heterocycles. The molecule has 1 aliphatic heterocycles. The monoisotopic (exact) mass is 263 g/mol. The molecule has 19 heavy (non-hydrogen) atoms. The number of nitriles is 1. The van der Waals surface area contributed by atoms with Crippen LogP contribution >= 0.6 is 0 Å². The van der Waals surface area contributed by atoms with E-state index in [1.807, 2.05) is 6.92 Å². The summed E-state index contributed by atoms with van der Waals surface area (Å²) in [4.78, 5) is 8.99. The molecule has 0 N–H and O–H groups in total. The lowest BCUT2D eigenvalue weighted by Crippen LogP contribution is -2.36. The molecule has 1 fully saturated rings. The average Bonchev–Trinajstić information content (AvgIpc) is 2.64. The Hall–Kier alpha value is -1.45. The first-order valence-electron chi connectivity index (χ1n) is 6.81. The van der Waals surface area contributed by atoms with Crippen LogP contribution in [0.5, 0.6) is 0 Å². The summed E-state index contributed by atoms with van der Waals surface area (Å²) in [5, 5.41) is 12.7. The van der Waals surface area contributed by atoms with Crippen molar-refractivity contribution in [1.82, 2.24) is 19.9 Å². The van der Waals surface area contributed by atoms with Gasteiger partial charge in [0.15, 0.2) is 5.82 Å². The van der Waals surface area contributed by atoms with Crippen LogP contribution < -0.4 is 0 Å². The maximum atomic E-state index is 8.77. The third-order valence-corrected chi connectivity index (χ3v) is 3.57. The Kier molecular flexibility index (Phi) is 4.88. The van der Waals surface area contributed by atoms with Gasteiger partial charge >= 0.3 is 0 Å². The van der Waals surface area contributed by atoms with Gasteiger partial charge < -0.3 is 4.52 Å². The molecular weight excluding hydrogens is 242 g/mol. The minimum Gasteiger partial charge on any atom is -0.340 e. The zero-order chi connectivity index (χ0) is 13.7. The molecular formula is C13H21N5O. The van der Waals surface area contributed by atoms with Crippen LogP contribution in [0, 0.1) is 18.3 Å². The fourth-order valence-electron chi connectivity index (χ4n) is 2.46. The zero-order valence-electron chi connectivity index (χ0n) is 11.7. The molecule has 6 nitrogen and oxygen atoms in total. The van der Waals surface area contributed by atoms with E-state index in [-0.39, 0.29) is 0 Å². The minimum atomic E-state index is 0.345. The van der Waals surface area contributed by atoms with Gasteiger partial charge in [0.2, 0.25) is 5.89 Å². The van der Waals surface area contributed by atoms with E-state index in [0.717, 1.165) is 45.0 Å². The number of hydrogen-bond acceptors (Lipinski definition) is 6. The molecule has 0 bridgehead atoms. The van der Waals surface area contributed by atoms with Crippen LogP contribution in [0.1, 0.15) is 31.5 Å². The average molecular weight is 263 g/mol. The van der Waals surface area contributed by atoms with E-state index < -0.39 is 0 Å². The molecule has 0 amide bonds. The van der Waals surface area contributed by atoms with Crippen molar-refractivity contribution in [2.24, 2.45) is 0 Å². The third-order valence-electron chi connectivity index (χ3n) is 3.57. The SMILES string of the molecule is Cc1nc(CN2CCCN([C@H](C)CC#N)CC2)no1. The highest BCUT2D eigenvalue weighted by Crippen LogP contribution is 2.11. The summed E-state index contributed by atoms with van der Waals surface area (Å²) in [6.07, 6.45) is 1.72. The zero-order valence-corrected chi connectivity index (χ0v) is 11.7. The molecule has 0 spiro atoms. The van der Waals surface area contributed by atoms with E-state index in [9.17, 15) is 0 Å². The third kappa shape index (κ3) is 4.01. The van der Waals surface area contributed by atoms with Crippen LogP contribution in [0.4, 0.5) is 0 Å². The number of aryl methyl sites for hydroxylation is 1. The largest absolute Gasteiger partial charge is 0.340 e. The summed E-state index contributed by atoms with van der Waals surface area (Å²) >= 11 is 0. The molecule has 1 aliphatic rings. The number of aromatic nitrogens is 2. The molecule has 104 valence electrons. The molecule has 0 radical (unpaired) electrons. The lowest BCUT2D eigenvalue weighted by atomic mass is 10.2. The van der Waals surface area contributed by atoms with Crippen LogP contribution in [0.25, 0.3) is 0 Å². The van der Waals surface area contributed by atoms with E-state index in [4.69, 9.17) is 9.78 Å². The van der Waals surface area contributed by atoms with Crippen molar-refractivity contribution in [1.29, 1.82) is 5.26 Å². The van der Waals surface area contributed by atoms with Gasteiger partial charge in [0, 0.05) is 26.1 Å². The topological polar surface area (TPSA) is 69.2 Å². The molecule has 1 aromatic rings. The summed E-state index contributed by atoms with van der Waals surface area (Å²) in [6, 6.07) is 2.60. The van der Waals surface area contributed by atoms with Crippen LogP contribution in [0.15, 0.2) is 4.52 Å². The Bertz CT molecular complexity index is 438. The summed E-state index contributed by atoms with van der Waals surface area (Å²) in [5.74, 6) is 1.38. The van der Waals surface area contributed by atoms with E-state index in [1.54, 1.807) is 0 Å². The Morgan fingerprint density at radius 3 is 2.89 bits per heavy atom. The number of rotatable bonds is 4. The fraction of sp³-hybridized carbons (Fsp3) is 0.769. The molecule has 2 rings (SSSR count). The van der Waals surface area contributed by atoms with Gasteiger partial charge in [0.1, 0.15) is 0 Å². The second-order valence-electron chi connectivity index (χ2n) is 5.11. The van der Waals surface area contributed by atoms with Gasteiger partial charge in [0.05, 0.1) is 19.0 Å². The highest BCUT2D eigenvalue weighted by molar-refractivity contribution is 4.86. The van der Waals surface area contributed by atoms with E-state index in [1.165, 1.54) is 0 Å². The van der Waals surface area contributed by atoms with Crippen molar-refractivity contribution in [3.8, 4) is 6.07 Å². The van der Waals surface area contributed by atoms with Crippen molar-refractivity contribution in [3.63, 3.8) is 0 Å². The Balaban J connectivity index is 1.85. The second kappa shape index (κ2) is 6.64. The normalized spacial score (nSPS) is 19.8. The highest BCUT2D eigenvalue weighted by atomic mass is 16.5. The van der Waals surface area contributed by atoms with E-state index >= 15 is 0 Å². The lowest BCUT2D eigenvalue weighted by Gasteiger charge is -2.25. The Morgan fingerprint density at radius 1 is 1.37 bits per heavy atom. The molecule has 0 aromatic carbocycles. The predicted octanol–water partition coefficient (Wildman–Crippen LogP) is 1.19.